The number of rotatable bonds is 3. The van der Waals surface area contributed by atoms with Crippen LogP contribution in [-0.2, 0) is 0 Å². The molecule has 108 valence electrons. The number of carbonyl (C=O) groups excluding carboxylic acids is 1. The Kier molecular flexibility index (Phi) is 3.43. The van der Waals surface area contributed by atoms with Gasteiger partial charge >= 0.3 is 0 Å². The second kappa shape index (κ2) is 5.26. The van der Waals surface area contributed by atoms with Gasteiger partial charge in [-0.05, 0) is 18.4 Å². The van der Waals surface area contributed by atoms with Gasteiger partial charge in [0.05, 0.1) is 6.20 Å². The number of imidazole rings is 1. The maximum Gasteiger partial charge on any atom is 0.276 e. The number of amides is 1. The second-order valence-electron chi connectivity index (χ2n) is 4.04. The van der Waals surface area contributed by atoms with Gasteiger partial charge < -0.3 is 15.5 Å². The first kappa shape index (κ1) is 13.7. The first-order valence-electron chi connectivity index (χ1n) is 5.81. The van der Waals surface area contributed by atoms with E-state index in [1.165, 1.54) is 52.0 Å². The fourth-order valence-corrected chi connectivity index (χ4v) is 3.08. The number of phenols is 2. The van der Waals surface area contributed by atoms with Gasteiger partial charge in [0.2, 0.25) is 4.96 Å². The zero-order chi connectivity index (χ0) is 15.0. The number of aromatic hydroxyl groups is 2. The highest BCUT2D eigenvalue weighted by Crippen LogP contribution is 2.32. The number of anilines is 1. The summed E-state index contributed by atoms with van der Waals surface area (Å²) in [5.41, 5.74) is 0.182. The van der Waals surface area contributed by atoms with Crippen LogP contribution in [-0.4, -0.2) is 37.0 Å². The molecule has 3 aromatic rings. The number of nitrogens with one attached hydrogen (secondary N) is 1. The molecule has 0 radical (unpaired) electrons. The van der Waals surface area contributed by atoms with Gasteiger partial charge in [0.15, 0.2) is 10.0 Å². The summed E-state index contributed by atoms with van der Waals surface area (Å²) in [6.45, 7) is 0. The highest BCUT2D eigenvalue weighted by Gasteiger charge is 2.18. The standard InChI is InChI=1S/C12H10N4O3S2/c1-20-12-15-16-6(5-13-11(16)21-12)10(19)14-9-7(17)3-2-4-8(9)18/h2-5,17-18H,1H3,(H,14,19). The Morgan fingerprint density at radius 3 is 2.76 bits per heavy atom. The predicted molar refractivity (Wildman–Crippen MR) is 80.4 cm³/mol. The number of aromatic nitrogens is 3. The van der Waals surface area contributed by atoms with E-state index in [4.69, 9.17) is 0 Å². The van der Waals surface area contributed by atoms with Crippen molar-refractivity contribution in [3.05, 3.63) is 30.1 Å². The molecule has 3 N–H and O–H groups in total. The van der Waals surface area contributed by atoms with Crippen molar-refractivity contribution in [2.45, 2.75) is 4.34 Å². The topological polar surface area (TPSA) is 99.8 Å². The molecule has 1 amide bonds. The molecule has 2 aromatic heterocycles. The normalized spacial score (nSPS) is 10.9. The lowest BCUT2D eigenvalue weighted by Gasteiger charge is -2.07. The maximum atomic E-state index is 12.3. The third-order valence-corrected chi connectivity index (χ3v) is 4.63. The molecule has 1 aromatic carbocycles. The molecule has 2 heterocycles. The van der Waals surface area contributed by atoms with Crippen LogP contribution in [0.1, 0.15) is 10.5 Å². The van der Waals surface area contributed by atoms with Crippen LogP contribution in [0, 0.1) is 0 Å². The third kappa shape index (κ3) is 2.41. The number of para-hydroxylation sites is 1. The summed E-state index contributed by atoms with van der Waals surface area (Å²) in [6, 6.07) is 4.22. The van der Waals surface area contributed by atoms with E-state index in [9.17, 15) is 15.0 Å². The SMILES string of the molecule is CSc1nn2c(C(=O)Nc3c(O)cccc3O)cnc2s1. The molecule has 9 heteroatoms. The van der Waals surface area contributed by atoms with Crippen LogP contribution < -0.4 is 5.32 Å². The van der Waals surface area contributed by atoms with E-state index >= 15 is 0 Å². The Bertz CT molecular complexity index is 807. The molecule has 0 aliphatic heterocycles. The van der Waals surface area contributed by atoms with Crippen LogP contribution in [0.5, 0.6) is 11.5 Å². The van der Waals surface area contributed by atoms with Crippen molar-refractivity contribution >= 4 is 39.7 Å². The van der Waals surface area contributed by atoms with E-state index in [1.54, 1.807) is 0 Å². The third-order valence-electron chi connectivity index (χ3n) is 2.73. The first-order chi connectivity index (χ1) is 10.1. The molecule has 0 aliphatic rings. The van der Waals surface area contributed by atoms with E-state index < -0.39 is 5.91 Å². The lowest BCUT2D eigenvalue weighted by Crippen LogP contribution is -2.14. The van der Waals surface area contributed by atoms with Crippen molar-refractivity contribution in [2.24, 2.45) is 0 Å². The molecule has 0 bridgehead atoms. The number of benzene rings is 1. The van der Waals surface area contributed by atoms with Crippen molar-refractivity contribution in [3.8, 4) is 11.5 Å². The van der Waals surface area contributed by atoms with Crippen LogP contribution in [0.4, 0.5) is 5.69 Å². The molecule has 0 fully saturated rings. The molecule has 0 saturated heterocycles. The zero-order valence-electron chi connectivity index (χ0n) is 10.8. The molecule has 0 spiro atoms. The van der Waals surface area contributed by atoms with Crippen molar-refractivity contribution in [1.29, 1.82) is 0 Å². The first-order valence-corrected chi connectivity index (χ1v) is 7.85. The van der Waals surface area contributed by atoms with Crippen molar-refractivity contribution in [1.82, 2.24) is 14.6 Å². The van der Waals surface area contributed by atoms with Gasteiger partial charge in [-0.25, -0.2) is 4.98 Å². The Morgan fingerprint density at radius 1 is 1.38 bits per heavy atom. The second-order valence-corrected chi connectivity index (χ2v) is 6.04. The molecule has 0 aliphatic carbocycles. The highest BCUT2D eigenvalue weighted by molar-refractivity contribution is 8.00. The molecule has 0 unspecified atom stereocenters. The van der Waals surface area contributed by atoms with Crippen LogP contribution in [0.15, 0.2) is 28.7 Å². The smallest absolute Gasteiger partial charge is 0.276 e. The quantitative estimate of drug-likeness (QED) is 0.505. The number of phenolic OH excluding ortho intramolecular Hbond substituents is 2. The Balaban J connectivity index is 1.95. The summed E-state index contributed by atoms with van der Waals surface area (Å²) in [5, 5.41) is 26.1. The zero-order valence-corrected chi connectivity index (χ0v) is 12.4. The average Bonchev–Trinajstić information content (AvgIpc) is 3.02. The molecule has 0 saturated carbocycles. The van der Waals surface area contributed by atoms with Crippen molar-refractivity contribution < 1.29 is 15.0 Å². The minimum atomic E-state index is -0.516. The number of fused-ring (bicyclic) bond motifs is 1. The molecule has 7 nitrogen and oxygen atoms in total. The van der Waals surface area contributed by atoms with Gasteiger partial charge in [0, 0.05) is 0 Å². The maximum absolute atomic E-state index is 12.3. The largest absolute Gasteiger partial charge is 0.506 e. The van der Waals surface area contributed by atoms with Crippen LogP contribution in [0.3, 0.4) is 0 Å². The number of nitrogens with zero attached hydrogens (tertiary/aromatic N) is 3. The average molecular weight is 322 g/mol. The highest BCUT2D eigenvalue weighted by atomic mass is 32.2. The summed E-state index contributed by atoms with van der Waals surface area (Å²) in [6.07, 6.45) is 3.29. The van der Waals surface area contributed by atoms with E-state index in [0.29, 0.717) is 4.96 Å². The Morgan fingerprint density at radius 2 is 2.10 bits per heavy atom. The van der Waals surface area contributed by atoms with Crippen molar-refractivity contribution in [2.75, 3.05) is 11.6 Å². The molecular weight excluding hydrogens is 312 g/mol. The minimum Gasteiger partial charge on any atom is -0.506 e. The predicted octanol–water partition coefficient (Wildman–Crippen LogP) is 2.18. The van der Waals surface area contributed by atoms with Gasteiger partial charge in [-0.3, -0.25) is 4.79 Å². The van der Waals surface area contributed by atoms with Gasteiger partial charge in [-0.1, -0.05) is 29.2 Å². The van der Waals surface area contributed by atoms with E-state index in [2.05, 4.69) is 15.4 Å². The lowest BCUT2D eigenvalue weighted by molar-refractivity contribution is 0.101. The summed E-state index contributed by atoms with van der Waals surface area (Å²) < 4.78 is 2.22. The van der Waals surface area contributed by atoms with Crippen LogP contribution in [0.25, 0.3) is 4.96 Å². The van der Waals surface area contributed by atoms with Gasteiger partial charge in [0.1, 0.15) is 17.2 Å². The lowest BCUT2D eigenvalue weighted by atomic mass is 10.2. The molecule has 0 atom stereocenters. The summed E-state index contributed by atoms with van der Waals surface area (Å²) >= 11 is 2.84. The van der Waals surface area contributed by atoms with Gasteiger partial charge in [0.25, 0.3) is 5.91 Å². The summed E-state index contributed by atoms with van der Waals surface area (Å²) in [4.78, 5) is 17.0. The summed E-state index contributed by atoms with van der Waals surface area (Å²) in [7, 11) is 0. The number of thioether (sulfide) groups is 1. The minimum absolute atomic E-state index is 0.0437. The fourth-order valence-electron chi connectivity index (χ4n) is 1.75. The number of hydrogen-bond donors (Lipinski definition) is 3. The van der Waals surface area contributed by atoms with Crippen molar-refractivity contribution in [3.63, 3.8) is 0 Å². The molecular formula is C12H10N4O3S2. The van der Waals surface area contributed by atoms with E-state index in [0.717, 1.165) is 4.34 Å². The fraction of sp³-hybridized carbons (Fsp3) is 0.0833. The van der Waals surface area contributed by atoms with Crippen LogP contribution in [0.2, 0.25) is 0 Å². The summed E-state index contributed by atoms with van der Waals surface area (Å²) in [5.74, 6) is -0.948. The molecule has 21 heavy (non-hydrogen) atoms. The van der Waals surface area contributed by atoms with E-state index in [1.807, 2.05) is 6.26 Å². The number of hydrogen-bond acceptors (Lipinski definition) is 7. The number of carbonyl (C=O) groups is 1. The Hall–Kier alpha value is -2.26. The van der Waals surface area contributed by atoms with Crippen LogP contribution >= 0.6 is 23.1 Å². The van der Waals surface area contributed by atoms with Gasteiger partial charge in [-0.2, -0.15) is 4.52 Å². The van der Waals surface area contributed by atoms with E-state index in [-0.39, 0.29) is 22.9 Å². The Labute approximate surface area is 127 Å². The monoisotopic (exact) mass is 322 g/mol. The molecule has 3 rings (SSSR count). The van der Waals surface area contributed by atoms with Gasteiger partial charge in [-0.15, -0.1) is 5.10 Å².